The highest BCUT2D eigenvalue weighted by Gasteiger charge is 2.17. The van der Waals surface area contributed by atoms with Crippen molar-refractivity contribution >= 4 is 22.7 Å². The summed E-state index contributed by atoms with van der Waals surface area (Å²) in [4.78, 5) is 24.5. The van der Waals surface area contributed by atoms with Gasteiger partial charge in [-0.2, -0.15) is 5.10 Å². The monoisotopic (exact) mass is 327 g/mol. The molecule has 5 nitrogen and oxygen atoms in total. The molecule has 0 spiro atoms. The van der Waals surface area contributed by atoms with Crippen molar-refractivity contribution in [3.05, 3.63) is 30.0 Å². The first-order valence-electron chi connectivity index (χ1n) is 8.91. The lowest BCUT2D eigenvalue weighted by molar-refractivity contribution is -0.121. The van der Waals surface area contributed by atoms with Crippen molar-refractivity contribution in [3.63, 3.8) is 0 Å². The first-order valence-corrected chi connectivity index (χ1v) is 8.91. The number of benzene rings is 1. The van der Waals surface area contributed by atoms with Gasteiger partial charge in [0.05, 0.1) is 11.7 Å². The molecule has 1 fully saturated rings. The van der Waals surface area contributed by atoms with Crippen molar-refractivity contribution in [1.29, 1.82) is 0 Å². The maximum atomic E-state index is 12.4. The summed E-state index contributed by atoms with van der Waals surface area (Å²) in [6.45, 7) is 2.00. The Morgan fingerprint density at radius 1 is 1.17 bits per heavy atom. The molecule has 0 aliphatic heterocycles. The maximum absolute atomic E-state index is 12.4. The zero-order chi connectivity index (χ0) is 16.9. The van der Waals surface area contributed by atoms with Crippen molar-refractivity contribution in [2.24, 2.45) is 0 Å². The summed E-state index contributed by atoms with van der Waals surface area (Å²) in [6.07, 6.45) is 9.13. The number of carbonyl (C=O) groups excluding carboxylic acids is 2. The Bertz CT molecular complexity index is 727. The minimum absolute atomic E-state index is 0.0251. The molecule has 1 N–H and O–H groups in total. The van der Waals surface area contributed by atoms with Crippen LogP contribution in [-0.2, 0) is 4.79 Å². The highest BCUT2D eigenvalue weighted by molar-refractivity contribution is 5.93. The van der Waals surface area contributed by atoms with Gasteiger partial charge in [-0.1, -0.05) is 37.8 Å². The molecule has 2 aromatic rings. The molecule has 128 valence electrons. The van der Waals surface area contributed by atoms with E-state index < -0.39 is 0 Å². The third-order valence-electron chi connectivity index (χ3n) is 4.85. The highest BCUT2D eigenvalue weighted by Crippen LogP contribution is 2.19. The number of nitrogens with one attached hydrogen (secondary N) is 1. The van der Waals surface area contributed by atoms with Gasteiger partial charge < -0.3 is 5.32 Å². The van der Waals surface area contributed by atoms with E-state index in [0.717, 1.165) is 29.3 Å². The Hall–Kier alpha value is -2.17. The third kappa shape index (κ3) is 3.83. The van der Waals surface area contributed by atoms with Gasteiger partial charge in [0.1, 0.15) is 0 Å². The molecule has 1 heterocycles. The quantitative estimate of drug-likeness (QED) is 0.873. The lowest BCUT2D eigenvalue weighted by Gasteiger charge is -2.15. The number of nitrogens with zero attached hydrogens (tertiary/aromatic N) is 2. The van der Waals surface area contributed by atoms with E-state index in [0.29, 0.717) is 0 Å². The topological polar surface area (TPSA) is 64.0 Å². The van der Waals surface area contributed by atoms with E-state index in [2.05, 4.69) is 10.4 Å². The fraction of sp³-hybridized carbons (Fsp3) is 0.526. The van der Waals surface area contributed by atoms with Gasteiger partial charge in [-0.25, -0.2) is 4.68 Å². The van der Waals surface area contributed by atoms with Crippen LogP contribution in [0.1, 0.15) is 61.7 Å². The van der Waals surface area contributed by atoms with Gasteiger partial charge in [0.15, 0.2) is 0 Å². The first-order chi connectivity index (χ1) is 11.6. The Labute approximate surface area is 142 Å². The molecule has 0 unspecified atom stereocenters. The van der Waals surface area contributed by atoms with Gasteiger partial charge in [0.2, 0.25) is 11.8 Å². The molecule has 1 aliphatic carbocycles. The standard InChI is InChI=1S/C19H25N3O2/c1-14-7-6-10-17-16(14)13-20-22(17)19(24)12-11-18(23)21-15-8-4-2-3-5-9-15/h6-7,10,13,15H,2-5,8-9,11-12H2,1H3,(H,21,23). The Morgan fingerprint density at radius 3 is 2.67 bits per heavy atom. The van der Waals surface area contributed by atoms with Crippen LogP contribution in [0.4, 0.5) is 0 Å². The lowest BCUT2D eigenvalue weighted by Crippen LogP contribution is -2.34. The van der Waals surface area contributed by atoms with E-state index in [1.807, 2.05) is 25.1 Å². The molecular formula is C19H25N3O2. The van der Waals surface area contributed by atoms with Crippen LogP contribution >= 0.6 is 0 Å². The Balaban J connectivity index is 1.56. The average molecular weight is 327 g/mol. The number of rotatable bonds is 4. The summed E-state index contributed by atoms with van der Waals surface area (Å²) in [5.74, 6) is -0.158. The lowest BCUT2D eigenvalue weighted by atomic mass is 10.1. The number of aromatic nitrogens is 2. The van der Waals surface area contributed by atoms with Gasteiger partial charge in [0, 0.05) is 24.3 Å². The third-order valence-corrected chi connectivity index (χ3v) is 4.85. The van der Waals surface area contributed by atoms with E-state index in [1.165, 1.54) is 30.4 Å². The van der Waals surface area contributed by atoms with Crippen LogP contribution in [0.5, 0.6) is 0 Å². The molecule has 1 aromatic carbocycles. The molecule has 0 bridgehead atoms. The summed E-state index contributed by atoms with van der Waals surface area (Å²) in [5, 5.41) is 8.26. The SMILES string of the molecule is Cc1cccc2c1cnn2C(=O)CCC(=O)NC1CCCCCC1. The second kappa shape index (κ2) is 7.60. The fourth-order valence-electron chi connectivity index (χ4n) is 3.44. The number of fused-ring (bicyclic) bond motifs is 1. The number of carbonyl (C=O) groups is 2. The molecule has 0 saturated heterocycles. The molecule has 1 aliphatic rings. The summed E-state index contributed by atoms with van der Waals surface area (Å²) >= 11 is 0. The van der Waals surface area contributed by atoms with E-state index >= 15 is 0 Å². The van der Waals surface area contributed by atoms with Crippen LogP contribution in [0.25, 0.3) is 10.9 Å². The van der Waals surface area contributed by atoms with E-state index in [1.54, 1.807) is 6.20 Å². The maximum Gasteiger partial charge on any atom is 0.247 e. The molecule has 0 radical (unpaired) electrons. The largest absolute Gasteiger partial charge is 0.353 e. The van der Waals surface area contributed by atoms with Crippen LogP contribution in [0.2, 0.25) is 0 Å². The van der Waals surface area contributed by atoms with Gasteiger partial charge in [0.25, 0.3) is 0 Å². The van der Waals surface area contributed by atoms with Crippen LogP contribution in [0.3, 0.4) is 0 Å². The minimum atomic E-state index is -0.133. The summed E-state index contributed by atoms with van der Waals surface area (Å²) in [5.41, 5.74) is 1.90. The molecule has 1 amide bonds. The first kappa shape index (κ1) is 16.7. The zero-order valence-corrected chi connectivity index (χ0v) is 14.3. The van der Waals surface area contributed by atoms with E-state index in [9.17, 15) is 9.59 Å². The normalized spacial score (nSPS) is 16.0. The molecule has 1 saturated carbocycles. The van der Waals surface area contributed by atoms with Crippen molar-refractivity contribution in [1.82, 2.24) is 15.1 Å². The number of aryl methyl sites for hydroxylation is 1. The predicted molar refractivity (Wildman–Crippen MR) is 94.0 cm³/mol. The van der Waals surface area contributed by atoms with Crippen LogP contribution in [-0.4, -0.2) is 27.6 Å². The summed E-state index contributed by atoms with van der Waals surface area (Å²) in [6, 6.07) is 6.09. The highest BCUT2D eigenvalue weighted by atomic mass is 16.2. The molecular weight excluding hydrogens is 302 g/mol. The zero-order valence-electron chi connectivity index (χ0n) is 14.3. The van der Waals surface area contributed by atoms with Gasteiger partial charge >= 0.3 is 0 Å². The van der Waals surface area contributed by atoms with Crippen LogP contribution < -0.4 is 5.32 Å². The summed E-state index contributed by atoms with van der Waals surface area (Å²) < 4.78 is 1.42. The smallest absolute Gasteiger partial charge is 0.247 e. The van der Waals surface area contributed by atoms with Crippen LogP contribution in [0.15, 0.2) is 24.4 Å². The average Bonchev–Trinajstić information content (AvgIpc) is 2.85. The molecule has 3 rings (SSSR count). The Kier molecular flexibility index (Phi) is 5.28. The molecule has 24 heavy (non-hydrogen) atoms. The van der Waals surface area contributed by atoms with Gasteiger partial charge in [-0.05, 0) is 31.4 Å². The molecule has 1 aromatic heterocycles. The molecule has 5 heteroatoms. The second-order valence-corrected chi connectivity index (χ2v) is 6.71. The van der Waals surface area contributed by atoms with Crippen molar-refractivity contribution < 1.29 is 9.59 Å². The van der Waals surface area contributed by atoms with Crippen LogP contribution in [0, 0.1) is 6.92 Å². The Morgan fingerprint density at radius 2 is 1.92 bits per heavy atom. The summed E-state index contributed by atoms with van der Waals surface area (Å²) in [7, 11) is 0. The number of hydrogen-bond acceptors (Lipinski definition) is 3. The van der Waals surface area contributed by atoms with E-state index in [4.69, 9.17) is 0 Å². The molecule has 0 atom stereocenters. The number of amides is 1. The second-order valence-electron chi connectivity index (χ2n) is 6.71. The number of hydrogen-bond donors (Lipinski definition) is 1. The minimum Gasteiger partial charge on any atom is -0.353 e. The predicted octanol–water partition coefficient (Wildman–Crippen LogP) is 3.60. The fourth-order valence-corrected chi connectivity index (χ4v) is 3.44. The van der Waals surface area contributed by atoms with Crippen molar-refractivity contribution in [2.45, 2.75) is 64.3 Å². The van der Waals surface area contributed by atoms with Gasteiger partial charge in [-0.3, -0.25) is 9.59 Å². The van der Waals surface area contributed by atoms with Gasteiger partial charge in [-0.15, -0.1) is 0 Å². The van der Waals surface area contributed by atoms with Crippen molar-refractivity contribution in [2.75, 3.05) is 0 Å². The van der Waals surface area contributed by atoms with Crippen molar-refractivity contribution in [3.8, 4) is 0 Å². The van der Waals surface area contributed by atoms with E-state index in [-0.39, 0.29) is 30.7 Å².